The second-order valence-corrected chi connectivity index (χ2v) is 5.70. The zero-order valence-corrected chi connectivity index (χ0v) is 11.1. The average Bonchev–Trinajstić information content (AvgIpc) is 2.91. The minimum Gasteiger partial charge on any atom is -0.363 e. The van der Waals surface area contributed by atoms with Gasteiger partial charge in [-0.2, -0.15) is 0 Å². The number of aromatic amines is 1. The number of anilines is 1. The van der Waals surface area contributed by atoms with Crippen molar-refractivity contribution in [2.45, 2.75) is 11.4 Å². The van der Waals surface area contributed by atoms with Gasteiger partial charge >= 0.3 is 0 Å². The average molecular weight is 323 g/mol. The van der Waals surface area contributed by atoms with Crippen LogP contribution in [0.4, 0.5) is 23.2 Å². The van der Waals surface area contributed by atoms with Crippen LogP contribution in [0.1, 0.15) is 5.69 Å². The van der Waals surface area contributed by atoms with Crippen LogP contribution in [0.5, 0.6) is 0 Å². The third-order valence-corrected chi connectivity index (χ3v) is 3.92. The molecule has 1 aromatic carbocycles. The van der Waals surface area contributed by atoms with E-state index in [0.29, 0.717) is 5.69 Å². The van der Waals surface area contributed by atoms with Crippen molar-refractivity contribution in [3.63, 3.8) is 0 Å². The molecule has 2 rings (SSSR count). The number of sulfonamides is 1. The smallest absolute Gasteiger partial charge is 0.263 e. The number of H-pyrrole nitrogens is 1. The Morgan fingerprint density at radius 3 is 2.14 bits per heavy atom. The molecule has 0 amide bonds. The molecule has 1 heterocycles. The zero-order chi connectivity index (χ0) is 15.8. The lowest BCUT2D eigenvalue weighted by Crippen LogP contribution is -2.16. The number of benzene rings is 1. The summed E-state index contributed by atoms with van der Waals surface area (Å²) >= 11 is 0. The lowest BCUT2D eigenvalue weighted by molar-refractivity contribution is 0.459. The molecule has 0 spiro atoms. The van der Waals surface area contributed by atoms with Crippen molar-refractivity contribution in [1.29, 1.82) is 0 Å². The lowest BCUT2D eigenvalue weighted by atomic mass is 10.3. The second kappa shape index (κ2) is 5.37. The summed E-state index contributed by atoms with van der Waals surface area (Å²) in [6.07, 6.45) is 1.02. The third-order valence-electron chi connectivity index (χ3n) is 2.59. The number of hydrogen-bond acceptors (Lipinski definition) is 3. The number of nitrogens with two attached hydrogens (primary N) is 1. The number of rotatable bonds is 4. The molecule has 0 radical (unpaired) electrons. The quantitative estimate of drug-likeness (QED) is 0.592. The predicted octanol–water partition coefficient (Wildman–Crippen LogP) is 1.83. The molecule has 0 saturated carbocycles. The zero-order valence-electron chi connectivity index (χ0n) is 10.3. The molecular weight excluding hydrogens is 314 g/mol. The molecule has 0 unspecified atom stereocenters. The molecule has 1 aromatic heterocycles. The van der Waals surface area contributed by atoms with Crippen LogP contribution in [0.3, 0.4) is 0 Å². The van der Waals surface area contributed by atoms with Crippen LogP contribution >= 0.6 is 0 Å². The van der Waals surface area contributed by atoms with Crippen molar-refractivity contribution < 1.29 is 26.0 Å². The molecule has 2 aromatic rings. The second-order valence-electron chi connectivity index (χ2n) is 4.01. The molecule has 0 aliphatic carbocycles. The van der Waals surface area contributed by atoms with Gasteiger partial charge in [-0.1, -0.05) is 0 Å². The Morgan fingerprint density at radius 2 is 1.67 bits per heavy atom. The largest absolute Gasteiger partial charge is 0.363 e. The van der Waals surface area contributed by atoms with Crippen LogP contribution in [0.2, 0.25) is 0 Å². The van der Waals surface area contributed by atoms with Gasteiger partial charge < -0.3 is 10.7 Å². The van der Waals surface area contributed by atoms with Gasteiger partial charge in [-0.15, -0.1) is 0 Å². The van der Waals surface area contributed by atoms with E-state index in [1.807, 2.05) is 0 Å². The molecule has 4 N–H and O–H groups in total. The fourth-order valence-electron chi connectivity index (χ4n) is 1.55. The van der Waals surface area contributed by atoms with Crippen LogP contribution in [0.25, 0.3) is 0 Å². The monoisotopic (exact) mass is 323 g/mol. The lowest BCUT2D eigenvalue weighted by Gasteiger charge is -2.09. The Kier molecular flexibility index (Phi) is 3.92. The SMILES string of the molecule is NCc1cc(S(=O)(=O)Nc2c(F)c(F)cc(F)c2F)c[nH]1. The molecule has 114 valence electrons. The summed E-state index contributed by atoms with van der Waals surface area (Å²) in [6, 6.07) is 1.10. The summed E-state index contributed by atoms with van der Waals surface area (Å²) in [5, 5.41) is 0. The van der Waals surface area contributed by atoms with E-state index in [2.05, 4.69) is 4.98 Å². The van der Waals surface area contributed by atoms with E-state index >= 15 is 0 Å². The standard InChI is InChI=1S/C11H9F4N3O2S/c12-7-2-8(13)10(15)11(9(7)14)18-21(19,20)6-1-5(3-16)17-4-6/h1-2,4,17-18H,3,16H2. The third kappa shape index (κ3) is 2.85. The Balaban J connectivity index is 2.46. The van der Waals surface area contributed by atoms with Crippen molar-refractivity contribution >= 4 is 15.7 Å². The Morgan fingerprint density at radius 1 is 1.10 bits per heavy atom. The highest BCUT2D eigenvalue weighted by atomic mass is 32.2. The van der Waals surface area contributed by atoms with E-state index < -0.39 is 39.0 Å². The highest BCUT2D eigenvalue weighted by Gasteiger charge is 2.25. The van der Waals surface area contributed by atoms with Crippen molar-refractivity contribution in [3.05, 3.63) is 47.3 Å². The van der Waals surface area contributed by atoms with Crippen molar-refractivity contribution in [1.82, 2.24) is 4.98 Å². The molecule has 21 heavy (non-hydrogen) atoms. The first-order valence-corrected chi connectivity index (χ1v) is 6.97. The summed E-state index contributed by atoms with van der Waals surface area (Å²) in [4.78, 5) is 2.14. The van der Waals surface area contributed by atoms with Crippen molar-refractivity contribution in [2.75, 3.05) is 4.72 Å². The number of aromatic nitrogens is 1. The van der Waals surface area contributed by atoms with E-state index in [1.54, 1.807) is 0 Å². The maximum Gasteiger partial charge on any atom is 0.263 e. The van der Waals surface area contributed by atoms with Gasteiger partial charge in [0.15, 0.2) is 23.3 Å². The van der Waals surface area contributed by atoms with Gasteiger partial charge in [-0.25, -0.2) is 26.0 Å². The minimum absolute atomic E-state index is 0.00678. The Hall–Kier alpha value is -2.07. The van der Waals surface area contributed by atoms with E-state index in [4.69, 9.17) is 5.73 Å². The Bertz CT molecular complexity index is 763. The van der Waals surface area contributed by atoms with Crippen molar-refractivity contribution in [3.8, 4) is 0 Å². The van der Waals surface area contributed by atoms with E-state index in [9.17, 15) is 26.0 Å². The number of nitrogens with one attached hydrogen (secondary N) is 2. The van der Waals surface area contributed by atoms with E-state index in [-0.39, 0.29) is 17.5 Å². The van der Waals surface area contributed by atoms with Crippen LogP contribution in [-0.4, -0.2) is 13.4 Å². The van der Waals surface area contributed by atoms with Gasteiger partial charge in [0.2, 0.25) is 0 Å². The first-order valence-electron chi connectivity index (χ1n) is 5.49. The maximum absolute atomic E-state index is 13.4. The van der Waals surface area contributed by atoms with Gasteiger partial charge in [-0.3, -0.25) is 4.72 Å². The van der Waals surface area contributed by atoms with Gasteiger partial charge in [0.05, 0.1) is 0 Å². The molecule has 0 aliphatic rings. The fraction of sp³-hybridized carbons (Fsp3) is 0.0909. The van der Waals surface area contributed by atoms with Crippen LogP contribution in [0.15, 0.2) is 23.2 Å². The maximum atomic E-state index is 13.4. The van der Waals surface area contributed by atoms with E-state index in [0.717, 1.165) is 12.3 Å². The summed E-state index contributed by atoms with van der Waals surface area (Å²) in [5.74, 6) is -7.12. The molecular formula is C11H9F4N3O2S. The summed E-state index contributed by atoms with van der Waals surface area (Å²) in [5.41, 5.74) is 4.20. The first-order chi connectivity index (χ1) is 9.76. The highest BCUT2D eigenvalue weighted by molar-refractivity contribution is 7.92. The minimum atomic E-state index is -4.43. The number of halogens is 4. The summed E-state index contributed by atoms with van der Waals surface area (Å²) < 4.78 is 78.2. The molecule has 0 aliphatic heterocycles. The van der Waals surface area contributed by atoms with Gasteiger partial charge in [0.25, 0.3) is 10.0 Å². The Labute approximate surface area is 116 Å². The van der Waals surface area contributed by atoms with Gasteiger partial charge in [-0.05, 0) is 6.07 Å². The highest BCUT2D eigenvalue weighted by Crippen LogP contribution is 2.26. The molecule has 0 fully saturated rings. The summed E-state index contributed by atoms with van der Waals surface area (Å²) in [6.45, 7) is 0.00678. The van der Waals surface area contributed by atoms with Gasteiger partial charge in [0, 0.05) is 24.5 Å². The van der Waals surface area contributed by atoms with Crippen LogP contribution in [-0.2, 0) is 16.6 Å². The fourth-order valence-corrected chi connectivity index (χ4v) is 2.63. The first kappa shape index (κ1) is 15.3. The molecule has 5 nitrogen and oxygen atoms in total. The van der Waals surface area contributed by atoms with Crippen LogP contribution < -0.4 is 10.5 Å². The normalized spacial score (nSPS) is 11.7. The molecule has 0 bridgehead atoms. The van der Waals surface area contributed by atoms with Crippen LogP contribution in [0, 0.1) is 23.3 Å². The molecule has 10 heteroatoms. The topological polar surface area (TPSA) is 88.0 Å². The van der Waals surface area contributed by atoms with Crippen molar-refractivity contribution in [2.24, 2.45) is 5.73 Å². The summed E-state index contributed by atoms with van der Waals surface area (Å²) in [7, 11) is -4.43. The van der Waals surface area contributed by atoms with E-state index in [1.165, 1.54) is 4.72 Å². The van der Waals surface area contributed by atoms with Gasteiger partial charge in [0.1, 0.15) is 10.6 Å². The predicted molar refractivity (Wildman–Crippen MR) is 65.8 cm³/mol. The molecule has 0 atom stereocenters. The number of hydrogen-bond donors (Lipinski definition) is 3. The molecule has 0 saturated heterocycles.